The third-order valence-electron chi connectivity index (χ3n) is 5.64. The molecule has 0 radical (unpaired) electrons. The third-order valence-corrected chi connectivity index (χ3v) is 5.64. The SMILES string of the molecule is CCC12CCC3=C(Cc4cc(OC)ccc43)C1=CCC2=O. The molecule has 0 aromatic heterocycles. The summed E-state index contributed by atoms with van der Waals surface area (Å²) in [7, 11) is 1.71. The minimum Gasteiger partial charge on any atom is -0.497 e. The van der Waals surface area contributed by atoms with Gasteiger partial charge in [-0.1, -0.05) is 19.1 Å². The van der Waals surface area contributed by atoms with E-state index in [1.165, 1.54) is 27.8 Å². The summed E-state index contributed by atoms with van der Waals surface area (Å²) >= 11 is 0. The van der Waals surface area contributed by atoms with E-state index in [-0.39, 0.29) is 5.41 Å². The van der Waals surface area contributed by atoms with Crippen molar-refractivity contribution < 1.29 is 9.53 Å². The van der Waals surface area contributed by atoms with Crippen LogP contribution in [0.4, 0.5) is 0 Å². The molecule has 1 aromatic rings. The highest BCUT2D eigenvalue weighted by atomic mass is 16.5. The monoisotopic (exact) mass is 280 g/mol. The molecule has 1 aromatic carbocycles. The largest absolute Gasteiger partial charge is 0.497 e. The van der Waals surface area contributed by atoms with Crippen LogP contribution in [0.3, 0.4) is 0 Å². The van der Waals surface area contributed by atoms with Crippen LogP contribution in [-0.4, -0.2) is 12.9 Å². The van der Waals surface area contributed by atoms with E-state index in [1.54, 1.807) is 7.11 Å². The van der Waals surface area contributed by atoms with E-state index in [4.69, 9.17) is 4.74 Å². The van der Waals surface area contributed by atoms with Gasteiger partial charge < -0.3 is 4.74 Å². The van der Waals surface area contributed by atoms with Crippen molar-refractivity contribution >= 4 is 11.4 Å². The molecule has 0 spiro atoms. The molecular weight excluding hydrogens is 260 g/mol. The van der Waals surface area contributed by atoms with Crippen molar-refractivity contribution in [2.24, 2.45) is 5.41 Å². The van der Waals surface area contributed by atoms with Gasteiger partial charge in [0.15, 0.2) is 0 Å². The van der Waals surface area contributed by atoms with E-state index < -0.39 is 0 Å². The van der Waals surface area contributed by atoms with Crippen LogP contribution in [-0.2, 0) is 11.2 Å². The van der Waals surface area contributed by atoms with Crippen LogP contribution in [0.15, 0.2) is 35.4 Å². The quantitative estimate of drug-likeness (QED) is 0.815. The number of rotatable bonds is 2. The standard InChI is InChI=1S/C19H20O2/c1-3-19-9-8-15-14-5-4-13(21-2)10-12(14)11-16(15)17(19)6-7-18(19)20/h4-6,10H,3,7-9,11H2,1-2H3. The number of fused-ring (bicyclic) bond motifs is 4. The van der Waals surface area contributed by atoms with Gasteiger partial charge in [-0.2, -0.15) is 0 Å². The van der Waals surface area contributed by atoms with Crippen LogP contribution in [0.2, 0.25) is 0 Å². The van der Waals surface area contributed by atoms with Crippen LogP contribution in [0.1, 0.15) is 43.7 Å². The Morgan fingerprint density at radius 3 is 2.90 bits per heavy atom. The van der Waals surface area contributed by atoms with Crippen molar-refractivity contribution in [3.63, 3.8) is 0 Å². The van der Waals surface area contributed by atoms with Crippen molar-refractivity contribution in [3.8, 4) is 5.75 Å². The molecule has 108 valence electrons. The Morgan fingerprint density at radius 2 is 2.14 bits per heavy atom. The predicted molar refractivity (Wildman–Crippen MR) is 83.3 cm³/mol. The van der Waals surface area contributed by atoms with Crippen LogP contribution in [0.5, 0.6) is 5.75 Å². The van der Waals surface area contributed by atoms with E-state index in [1.807, 2.05) is 6.07 Å². The number of benzene rings is 1. The van der Waals surface area contributed by atoms with Crippen molar-refractivity contribution in [3.05, 3.63) is 46.5 Å². The molecular formula is C19H20O2. The summed E-state index contributed by atoms with van der Waals surface area (Å²) in [5, 5.41) is 0. The number of carbonyl (C=O) groups is 1. The molecule has 0 N–H and O–H groups in total. The molecule has 0 amide bonds. The summed E-state index contributed by atoms with van der Waals surface area (Å²) < 4.78 is 5.35. The minimum atomic E-state index is -0.176. The van der Waals surface area contributed by atoms with Gasteiger partial charge in [0.1, 0.15) is 11.5 Å². The lowest BCUT2D eigenvalue weighted by molar-refractivity contribution is -0.125. The van der Waals surface area contributed by atoms with Gasteiger partial charge in [0, 0.05) is 6.42 Å². The van der Waals surface area contributed by atoms with Crippen molar-refractivity contribution in [1.29, 1.82) is 0 Å². The van der Waals surface area contributed by atoms with E-state index >= 15 is 0 Å². The van der Waals surface area contributed by atoms with Crippen LogP contribution in [0, 0.1) is 5.41 Å². The molecule has 0 saturated carbocycles. The molecule has 4 rings (SSSR count). The van der Waals surface area contributed by atoms with Crippen molar-refractivity contribution in [2.45, 2.75) is 39.0 Å². The van der Waals surface area contributed by atoms with Gasteiger partial charge in [0.2, 0.25) is 0 Å². The zero-order chi connectivity index (χ0) is 14.6. The number of Topliss-reactive ketones (excluding diaryl/α,β-unsaturated/α-hetero) is 1. The summed E-state index contributed by atoms with van der Waals surface area (Å²) in [5.74, 6) is 1.35. The second-order valence-electron chi connectivity index (χ2n) is 6.34. The molecule has 0 aliphatic heterocycles. The molecule has 3 aliphatic rings. The molecule has 0 bridgehead atoms. The lowest BCUT2D eigenvalue weighted by Crippen LogP contribution is -2.31. The molecule has 0 fully saturated rings. The highest BCUT2D eigenvalue weighted by molar-refractivity contribution is 5.97. The lowest BCUT2D eigenvalue weighted by atomic mass is 9.67. The summed E-state index contributed by atoms with van der Waals surface area (Å²) in [6.45, 7) is 2.16. The smallest absolute Gasteiger partial charge is 0.147 e. The first-order valence-corrected chi connectivity index (χ1v) is 7.83. The number of ketones is 1. The second kappa shape index (κ2) is 4.33. The normalized spacial score (nSPS) is 26.4. The summed E-state index contributed by atoms with van der Waals surface area (Å²) in [6.07, 6.45) is 6.74. The van der Waals surface area contributed by atoms with E-state index in [2.05, 4.69) is 25.1 Å². The Labute approximate surface area is 125 Å². The van der Waals surface area contributed by atoms with Crippen LogP contribution < -0.4 is 4.74 Å². The van der Waals surface area contributed by atoms with Gasteiger partial charge in [-0.15, -0.1) is 0 Å². The van der Waals surface area contributed by atoms with Gasteiger partial charge in [-0.05, 0) is 65.7 Å². The first kappa shape index (κ1) is 12.9. The molecule has 21 heavy (non-hydrogen) atoms. The molecule has 0 saturated heterocycles. The number of carbonyl (C=O) groups excluding carboxylic acids is 1. The molecule has 2 nitrogen and oxygen atoms in total. The van der Waals surface area contributed by atoms with Gasteiger partial charge in [0.05, 0.1) is 12.5 Å². The Morgan fingerprint density at radius 1 is 1.29 bits per heavy atom. The van der Waals surface area contributed by atoms with Gasteiger partial charge in [-0.25, -0.2) is 0 Å². The Balaban J connectivity index is 1.81. The predicted octanol–water partition coefficient (Wildman–Crippen LogP) is 4.09. The van der Waals surface area contributed by atoms with Crippen LogP contribution in [0.25, 0.3) is 5.57 Å². The Hall–Kier alpha value is -1.83. The third kappa shape index (κ3) is 1.56. The van der Waals surface area contributed by atoms with Gasteiger partial charge in [0.25, 0.3) is 0 Å². The fourth-order valence-corrected chi connectivity index (χ4v) is 4.47. The Bertz CT molecular complexity index is 708. The zero-order valence-electron chi connectivity index (χ0n) is 12.7. The zero-order valence-corrected chi connectivity index (χ0v) is 12.7. The van der Waals surface area contributed by atoms with Gasteiger partial charge >= 0.3 is 0 Å². The molecule has 0 heterocycles. The molecule has 1 unspecified atom stereocenters. The van der Waals surface area contributed by atoms with E-state index in [0.29, 0.717) is 12.2 Å². The Kier molecular flexibility index (Phi) is 2.66. The summed E-state index contributed by atoms with van der Waals surface area (Å²) in [4.78, 5) is 12.4. The molecule has 1 atom stereocenters. The van der Waals surface area contributed by atoms with Gasteiger partial charge in [-0.3, -0.25) is 4.79 Å². The van der Waals surface area contributed by atoms with Crippen molar-refractivity contribution in [1.82, 2.24) is 0 Å². The lowest BCUT2D eigenvalue weighted by Gasteiger charge is -2.35. The maximum Gasteiger partial charge on any atom is 0.147 e. The highest BCUT2D eigenvalue weighted by Crippen LogP contribution is 2.56. The summed E-state index contributed by atoms with van der Waals surface area (Å²) in [5.41, 5.74) is 6.79. The number of hydrogen-bond acceptors (Lipinski definition) is 2. The fraction of sp³-hybridized carbons (Fsp3) is 0.421. The number of methoxy groups -OCH3 is 1. The maximum absolute atomic E-state index is 12.4. The number of hydrogen-bond donors (Lipinski definition) is 0. The molecule has 3 aliphatic carbocycles. The fourth-order valence-electron chi connectivity index (χ4n) is 4.47. The van der Waals surface area contributed by atoms with E-state index in [0.717, 1.165) is 31.4 Å². The average Bonchev–Trinajstić information content (AvgIpc) is 3.04. The average molecular weight is 280 g/mol. The molecule has 2 heteroatoms. The first-order valence-electron chi connectivity index (χ1n) is 7.83. The number of ether oxygens (including phenoxy) is 1. The number of allylic oxidation sites excluding steroid dienone is 4. The highest BCUT2D eigenvalue weighted by Gasteiger charge is 2.48. The second-order valence-corrected chi connectivity index (χ2v) is 6.34. The van der Waals surface area contributed by atoms with Crippen molar-refractivity contribution in [2.75, 3.05) is 7.11 Å². The maximum atomic E-state index is 12.4. The first-order chi connectivity index (χ1) is 10.2. The van der Waals surface area contributed by atoms with Crippen LogP contribution >= 0.6 is 0 Å². The summed E-state index contributed by atoms with van der Waals surface area (Å²) in [6, 6.07) is 6.38. The van der Waals surface area contributed by atoms with E-state index in [9.17, 15) is 4.79 Å². The topological polar surface area (TPSA) is 26.3 Å². The minimum absolute atomic E-state index is 0.176.